The Morgan fingerprint density at radius 2 is 2.09 bits per heavy atom. The van der Waals surface area contributed by atoms with Gasteiger partial charge in [0.2, 0.25) is 5.91 Å². The van der Waals surface area contributed by atoms with Gasteiger partial charge in [0.05, 0.1) is 12.1 Å². The fourth-order valence-corrected chi connectivity index (χ4v) is 3.05. The molecule has 0 atom stereocenters. The van der Waals surface area contributed by atoms with Crippen LogP contribution in [0.1, 0.15) is 12.6 Å². The van der Waals surface area contributed by atoms with Crippen LogP contribution in [0.3, 0.4) is 0 Å². The van der Waals surface area contributed by atoms with E-state index in [4.69, 9.17) is 0 Å². The molecular formula is C15H20BrCl2N3OS. The molecule has 2 N–H and O–H groups in total. The van der Waals surface area contributed by atoms with Crippen molar-refractivity contribution in [2.45, 2.75) is 13.3 Å². The summed E-state index contributed by atoms with van der Waals surface area (Å²) in [6.45, 7) is 4.40. The van der Waals surface area contributed by atoms with E-state index in [-0.39, 0.29) is 30.7 Å². The van der Waals surface area contributed by atoms with Crippen LogP contribution >= 0.6 is 52.1 Å². The average Bonchev–Trinajstić information content (AvgIpc) is 2.92. The predicted octanol–water partition coefficient (Wildman–Crippen LogP) is 3.68. The molecule has 0 aliphatic rings. The monoisotopic (exact) mass is 439 g/mol. The van der Waals surface area contributed by atoms with Crippen LogP contribution in [0.15, 0.2) is 34.1 Å². The van der Waals surface area contributed by atoms with Crippen molar-refractivity contribution in [3.05, 3.63) is 39.8 Å². The van der Waals surface area contributed by atoms with E-state index in [1.54, 1.807) is 11.3 Å². The largest absolute Gasteiger partial charge is 0.354 e. The van der Waals surface area contributed by atoms with Gasteiger partial charge < -0.3 is 10.6 Å². The van der Waals surface area contributed by atoms with Crippen molar-refractivity contribution in [2.75, 3.05) is 19.6 Å². The molecule has 0 radical (unpaired) electrons. The van der Waals surface area contributed by atoms with Gasteiger partial charge in [0.15, 0.2) is 0 Å². The first-order valence-electron chi connectivity index (χ1n) is 6.87. The Bertz CT molecular complexity index is 610. The summed E-state index contributed by atoms with van der Waals surface area (Å²) in [5, 5.41) is 8.93. The van der Waals surface area contributed by atoms with Crippen LogP contribution in [0.5, 0.6) is 0 Å². The van der Waals surface area contributed by atoms with Crippen LogP contribution in [0.4, 0.5) is 0 Å². The molecule has 0 fully saturated rings. The number of halogens is 3. The summed E-state index contributed by atoms with van der Waals surface area (Å²) < 4.78 is 1.03. The number of benzene rings is 1. The fourth-order valence-electron chi connectivity index (χ4n) is 1.84. The van der Waals surface area contributed by atoms with Crippen LogP contribution < -0.4 is 10.6 Å². The van der Waals surface area contributed by atoms with E-state index in [0.717, 1.165) is 33.8 Å². The van der Waals surface area contributed by atoms with Gasteiger partial charge >= 0.3 is 0 Å². The third-order valence-corrected chi connectivity index (χ3v) is 4.27. The molecule has 1 aromatic carbocycles. The minimum absolute atomic E-state index is 0. The number of aromatic nitrogens is 1. The minimum atomic E-state index is 0. The number of amides is 1. The molecule has 4 nitrogen and oxygen atoms in total. The molecule has 0 bridgehead atoms. The normalized spacial score (nSPS) is 9.65. The molecule has 0 unspecified atom stereocenters. The maximum Gasteiger partial charge on any atom is 0.226 e. The SMILES string of the molecule is CCNCCNC(=O)Cc1csc(-c2cccc(Br)c2)n1.Cl.Cl. The van der Waals surface area contributed by atoms with Crippen molar-refractivity contribution in [1.82, 2.24) is 15.6 Å². The van der Waals surface area contributed by atoms with E-state index in [2.05, 4.69) is 31.5 Å². The third-order valence-electron chi connectivity index (χ3n) is 2.84. The lowest BCUT2D eigenvalue weighted by Gasteiger charge is -2.04. The number of nitrogens with one attached hydrogen (secondary N) is 2. The van der Waals surface area contributed by atoms with Crippen molar-refractivity contribution in [3.63, 3.8) is 0 Å². The summed E-state index contributed by atoms with van der Waals surface area (Å²) in [4.78, 5) is 16.3. The lowest BCUT2D eigenvalue weighted by atomic mass is 10.2. The zero-order valence-electron chi connectivity index (χ0n) is 12.7. The number of likely N-dealkylation sites (N-methyl/N-ethyl adjacent to an activating group) is 1. The van der Waals surface area contributed by atoms with Gasteiger partial charge in [0.1, 0.15) is 5.01 Å². The van der Waals surface area contributed by atoms with Crippen LogP contribution in [0.25, 0.3) is 10.6 Å². The van der Waals surface area contributed by atoms with E-state index in [9.17, 15) is 4.79 Å². The van der Waals surface area contributed by atoms with E-state index in [1.807, 2.05) is 36.6 Å². The second-order valence-corrected chi connectivity index (χ2v) is 6.31. The van der Waals surface area contributed by atoms with Gasteiger partial charge in [-0.2, -0.15) is 0 Å². The van der Waals surface area contributed by atoms with Crippen molar-refractivity contribution in [2.24, 2.45) is 0 Å². The highest BCUT2D eigenvalue weighted by Crippen LogP contribution is 2.26. The Balaban J connectivity index is 0.00000242. The molecule has 2 aromatic rings. The van der Waals surface area contributed by atoms with Crippen molar-refractivity contribution in [3.8, 4) is 10.6 Å². The van der Waals surface area contributed by atoms with E-state index >= 15 is 0 Å². The van der Waals surface area contributed by atoms with Crippen molar-refractivity contribution < 1.29 is 4.79 Å². The Hall–Kier alpha value is -0.660. The second kappa shape index (κ2) is 11.8. The Morgan fingerprint density at radius 3 is 2.78 bits per heavy atom. The fraction of sp³-hybridized carbons (Fsp3) is 0.333. The van der Waals surface area contributed by atoms with Gasteiger partial charge in [-0.1, -0.05) is 35.0 Å². The minimum Gasteiger partial charge on any atom is -0.354 e. The molecule has 0 saturated carbocycles. The van der Waals surface area contributed by atoms with E-state index in [1.165, 1.54) is 0 Å². The smallest absolute Gasteiger partial charge is 0.226 e. The molecule has 1 aromatic heterocycles. The van der Waals surface area contributed by atoms with Crippen LogP contribution in [0.2, 0.25) is 0 Å². The molecule has 0 saturated heterocycles. The standard InChI is InChI=1S/C15H18BrN3OS.2ClH/c1-2-17-6-7-18-14(20)9-13-10-21-15(19-13)11-4-3-5-12(16)8-11;;/h3-5,8,10,17H,2,6-7,9H2,1H3,(H,18,20);2*1H. The first-order valence-corrected chi connectivity index (χ1v) is 8.54. The second-order valence-electron chi connectivity index (χ2n) is 4.53. The number of carbonyl (C=O) groups is 1. The molecule has 1 heterocycles. The summed E-state index contributed by atoms with van der Waals surface area (Å²) in [7, 11) is 0. The summed E-state index contributed by atoms with van der Waals surface area (Å²) in [5.74, 6) is 0.0130. The van der Waals surface area contributed by atoms with Crippen LogP contribution in [0, 0.1) is 0 Å². The molecule has 0 aliphatic heterocycles. The van der Waals surface area contributed by atoms with Gasteiger partial charge in [0, 0.05) is 28.5 Å². The van der Waals surface area contributed by atoms with Crippen molar-refractivity contribution in [1.29, 1.82) is 0 Å². The number of hydrogen-bond donors (Lipinski definition) is 2. The van der Waals surface area contributed by atoms with Crippen LogP contribution in [-0.4, -0.2) is 30.5 Å². The van der Waals surface area contributed by atoms with Gasteiger partial charge in [-0.15, -0.1) is 36.2 Å². The summed E-state index contributed by atoms with van der Waals surface area (Å²) in [6.07, 6.45) is 0.330. The van der Waals surface area contributed by atoms with Gasteiger partial charge in [-0.05, 0) is 18.7 Å². The Kier molecular flexibility index (Phi) is 11.5. The highest BCUT2D eigenvalue weighted by atomic mass is 79.9. The molecule has 1 amide bonds. The summed E-state index contributed by atoms with van der Waals surface area (Å²) >= 11 is 5.02. The van der Waals surface area contributed by atoms with Gasteiger partial charge in [-0.25, -0.2) is 4.98 Å². The number of carbonyl (C=O) groups excluding carboxylic acids is 1. The topological polar surface area (TPSA) is 54.0 Å². The quantitative estimate of drug-likeness (QED) is 0.645. The molecule has 8 heteroatoms. The number of nitrogens with zero attached hydrogens (tertiary/aromatic N) is 1. The van der Waals surface area contributed by atoms with E-state index < -0.39 is 0 Å². The summed E-state index contributed by atoms with van der Waals surface area (Å²) in [5.41, 5.74) is 1.88. The maximum atomic E-state index is 11.8. The van der Waals surface area contributed by atoms with Gasteiger partial charge in [-0.3, -0.25) is 4.79 Å². The van der Waals surface area contributed by atoms with E-state index in [0.29, 0.717) is 13.0 Å². The molecule has 128 valence electrons. The zero-order valence-corrected chi connectivity index (χ0v) is 16.7. The van der Waals surface area contributed by atoms with Crippen LogP contribution in [-0.2, 0) is 11.2 Å². The average molecular weight is 441 g/mol. The first kappa shape index (κ1) is 22.3. The molecule has 23 heavy (non-hydrogen) atoms. The molecule has 0 aliphatic carbocycles. The third kappa shape index (κ3) is 7.63. The molecule has 2 rings (SSSR count). The van der Waals surface area contributed by atoms with Crippen molar-refractivity contribution >= 4 is 58.0 Å². The Labute approximate surface area is 161 Å². The Morgan fingerprint density at radius 1 is 1.30 bits per heavy atom. The lowest BCUT2D eigenvalue weighted by Crippen LogP contribution is -2.32. The highest BCUT2D eigenvalue weighted by Gasteiger charge is 2.09. The predicted molar refractivity (Wildman–Crippen MR) is 105 cm³/mol. The van der Waals surface area contributed by atoms with Gasteiger partial charge in [0.25, 0.3) is 0 Å². The molecule has 0 spiro atoms. The highest BCUT2D eigenvalue weighted by molar-refractivity contribution is 9.10. The number of hydrogen-bond acceptors (Lipinski definition) is 4. The number of rotatable bonds is 7. The molecular weight excluding hydrogens is 421 g/mol. The zero-order chi connectivity index (χ0) is 15.1. The number of thiazole rings is 1. The maximum absolute atomic E-state index is 11.8. The summed E-state index contributed by atoms with van der Waals surface area (Å²) in [6, 6.07) is 8.01. The first-order chi connectivity index (χ1) is 10.2. The lowest BCUT2D eigenvalue weighted by molar-refractivity contribution is -0.120.